The number of aliphatic hydroxyl groups excluding tert-OH is 1. The molecule has 0 fully saturated rings. The molecule has 5 heteroatoms. The fraction of sp³-hybridized carbons (Fsp3) is 0.167. The van der Waals surface area contributed by atoms with Gasteiger partial charge in [-0.2, -0.15) is 5.06 Å². The first-order valence-corrected chi connectivity index (χ1v) is 4.93. The Morgan fingerprint density at radius 2 is 2.06 bits per heavy atom. The smallest absolute Gasteiger partial charge is 0.273 e. The number of hydrogen-bond acceptors (Lipinski definition) is 4. The number of amides is 1. The van der Waals surface area contributed by atoms with E-state index < -0.39 is 12.1 Å². The van der Waals surface area contributed by atoms with Crippen LogP contribution in [0.1, 0.15) is 5.56 Å². The number of aliphatic hydroxyl groups is 1. The van der Waals surface area contributed by atoms with Crippen LogP contribution >= 0.6 is 0 Å². The van der Waals surface area contributed by atoms with Crippen molar-refractivity contribution in [1.82, 2.24) is 5.06 Å². The van der Waals surface area contributed by atoms with Crippen LogP contribution in [0.2, 0.25) is 0 Å². The second kappa shape index (κ2) is 6.57. The first-order valence-electron chi connectivity index (χ1n) is 4.93. The van der Waals surface area contributed by atoms with Crippen LogP contribution in [-0.4, -0.2) is 35.7 Å². The molecule has 1 rings (SSSR count). The van der Waals surface area contributed by atoms with Gasteiger partial charge < -0.3 is 5.11 Å². The minimum Gasteiger partial charge on any atom is -0.365 e. The number of carbonyl (C=O) groups is 2. The van der Waals surface area contributed by atoms with Crippen LogP contribution in [0.4, 0.5) is 0 Å². The molecule has 17 heavy (non-hydrogen) atoms. The summed E-state index contributed by atoms with van der Waals surface area (Å²) in [5.74, 6) is -0.615. The first-order chi connectivity index (χ1) is 8.19. The van der Waals surface area contributed by atoms with Crippen LogP contribution < -0.4 is 0 Å². The quantitative estimate of drug-likeness (QED) is 0.351. The molecular weight excluding hydrogens is 222 g/mol. The molecule has 1 aromatic carbocycles. The van der Waals surface area contributed by atoms with Gasteiger partial charge in [-0.15, -0.1) is 0 Å². The molecular formula is C12H13NO4. The summed E-state index contributed by atoms with van der Waals surface area (Å²) < 4.78 is 0. The van der Waals surface area contributed by atoms with Gasteiger partial charge in [-0.05, 0) is 11.6 Å². The average Bonchev–Trinajstić information content (AvgIpc) is 2.38. The highest BCUT2D eigenvalue weighted by Gasteiger charge is 2.18. The monoisotopic (exact) mass is 235 g/mol. The largest absolute Gasteiger partial charge is 0.365 e. The molecule has 0 aliphatic rings. The van der Waals surface area contributed by atoms with Gasteiger partial charge in [-0.3, -0.25) is 14.4 Å². The van der Waals surface area contributed by atoms with Gasteiger partial charge in [-0.25, -0.2) is 0 Å². The van der Waals surface area contributed by atoms with Crippen LogP contribution in [0.3, 0.4) is 0 Å². The predicted molar refractivity (Wildman–Crippen MR) is 61.4 cm³/mol. The van der Waals surface area contributed by atoms with E-state index in [1.54, 1.807) is 6.08 Å². The maximum absolute atomic E-state index is 11.5. The van der Waals surface area contributed by atoms with Crippen molar-refractivity contribution in [2.24, 2.45) is 0 Å². The lowest BCUT2D eigenvalue weighted by Gasteiger charge is -2.19. The summed E-state index contributed by atoms with van der Waals surface area (Å²) in [5, 5.41) is 9.74. The lowest BCUT2D eigenvalue weighted by molar-refractivity contribution is -0.210. The molecule has 0 aliphatic carbocycles. The highest BCUT2D eigenvalue weighted by Crippen LogP contribution is 2.03. The molecule has 90 valence electrons. The van der Waals surface area contributed by atoms with Crippen LogP contribution in [0.5, 0.6) is 0 Å². The van der Waals surface area contributed by atoms with Crippen molar-refractivity contribution in [1.29, 1.82) is 0 Å². The van der Waals surface area contributed by atoms with Crippen LogP contribution in [0.25, 0.3) is 6.08 Å². The summed E-state index contributed by atoms with van der Waals surface area (Å²) in [6.45, 7) is 0. The summed E-state index contributed by atoms with van der Waals surface area (Å²) in [5.41, 5.74) is 0.831. The summed E-state index contributed by atoms with van der Waals surface area (Å²) in [4.78, 5) is 26.5. The summed E-state index contributed by atoms with van der Waals surface area (Å²) in [6.07, 6.45) is 1.38. The van der Waals surface area contributed by atoms with Crippen molar-refractivity contribution in [3.63, 3.8) is 0 Å². The van der Waals surface area contributed by atoms with E-state index in [0.717, 1.165) is 5.56 Å². The Balaban J connectivity index is 2.71. The maximum Gasteiger partial charge on any atom is 0.273 e. The third-order valence-corrected chi connectivity index (χ3v) is 1.99. The summed E-state index contributed by atoms with van der Waals surface area (Å²) in [7, 11) is 1.20. The van der Waals surface area contributed by atoms with Gasteiger partial charge in [0.2, 0.25) is 6.23 Å². The van der Waals surface area contributed by atoms with E-state index >= 15 is 0 Å². The number of nitrogens with zero attached hydrogens (tertiary/aromatic N) is 1. The number of hydroxylamine groups is 2. The van der Waals surface area contributed by atoms with Crippen LogP contribution in [-0.2, 0) is 14.4 Å². The third kappa shape index (κ3) is 3.82. The molecule has 0 saturated carbocycles. The maximum atomic E-state index is 11.5. The predicted octanol–water partition coefficient (Wildman–Crippen LogP) is 0.607. The van der Waals surface area contributed by atoms with Crippen molar-refractivity contribution in [2.75, 3.05) is 7.11 Å². The minimum atomic E-state index is -1.60. The van der Waals surface area contributed by atoms with Gasteiger partial charge in [0.25, 0.3) is 5.91 Å². The van der Waals surface area contributed by atoms with E-state index in [2.05, 4.69) is 4.84 Å². The molecule has 1 N–H and O–H groups in total. The highest BCUT2D eigenvalue weighted by atomic mass is 16.7. The standard InChI is InChI=1S/C12H13NO4/c1-17-13(12(16)9-14)11(15)8-7-10-5-3-2-4-6-10/h2-9,12,16H,1H3. The molecule has 1 atom stereocenters. The van der Waals surface area contributed by atoms with E-state index in [0.29, 0.717) is 5.06 Å². The third-order valence-electron chi connectivity index (χ3n) is 1.99. The van der Waals surface area contributed by atoms with Crippen LogP contribution in [0, 0.1) is 0 Å². The highest BCUT2D eigenvalue weighted by molar-refractivity contribution is 5.92. The molecule has 0 aliphatic heterocycles. The van der Waals surface area contributed by atoms with Crippen LogP contribution in [0.15, 0.2) is 36.4 Å². The van der Waals surface area contributed by atoms with E-state index in [9.17, 15) is 9.59 Å². The molecule has 1 unspecified atom stereocenters. The second-order valence-electron chi connectivity index (χ2n) is 3.14. The van der Waals surface area contributed by atoms with Crippen molar-refractivity contribution in [3.05, 3.63) is 42.0 Å². The van der Waals surface area contributed by atoms with Crippen molar-refractivity contribution < 1.29 is 19.5 Å². The zero-order valence-corrected chi connectivity index (χ0v) is 9.32. The number of aldehydes is 1. The Morgan fingerprint density at radius 3 is 2.59 bits per heavy atom. The average molecular weight is 235 g/mol. The normalized spacial score (nSPS) is 12.4. The zero-order chi connectivity index (χ0) is 12.7. The fourth-order valence-corrected chi connectivity index (χ4v) is 1.19. The number of carbonyl (C=O) groups excluding carboxylic acids is 2. The SMILES string of the molecule is CON(C(=O)C=Cc1ccccc1)C(O)C=O. The van der Waals surface area contributed by atoms with Gasteiger partial charge in [0, 0.05) is 6.08 Å². The molecule has 0 heterocycles. The molecule has 0 spiro atoms. The number of rotatable bonds is 5. The second-order valence-corrected chi connectivity index (χ2v) is 3.14. The molecule has 5 nitrogen and oxygen atoms in total. The lowest BCUT2D eigenvalue weighted by atomic mass is 10.2. The van der Waals surface area contributed by atoms with Gasteiger partial charge in [0.1, 0.15) is 0 Å². The fourth-order valence-electron chi connectivity index (χ4n) is 1.19. The molecule has 1 aromatic rings. The van der Waals surface area contributed by atoms with Crippen molar-refractivity contribution in [2.45, 2.75) is 6.23 Å². The zero-order valence-electron chi connectivity index (χ0n) is 9.32. The molecule has 0 radical (unpaired) electrons. The molecule has 0 saturated heterocycles. The minimum absolute atomic E-state index is 0.206. The van der Waals surface area contributed by atoms with E-state index in [-0.39, 0.29) is 6.29 Å². The molecule has 0 aromatic heterocycles. The Hall–Kier alpha value is -1.98. The number of hydrogen-bond donors (Lipinski definition) is 1. The van der Waals surface area contributed by atoms with Gasteiger partial charge >= 0.3 is 0 Å². The van der Waals surface area contributed by atoms with Gasteiger partial charge in [-0.1, -0.05) is 30.3 Å². The van der Waals surface area contributed by atoms with E-state index in [4.69, 9.17) is 5.11 Å². The summed E-state index contributed by atoms with van der Waals surface area (Å²) in [6, 6.07) is 9.15. The molecule has 1 amide bonds. The van der Waals surface area contributed by atoms with E-state index in [1.165, 1.54) is 13.2 Å². The van der Waals surface area contributed by atoms with Gasteiger partial charge in [0.15, 0.2) is 6.29 Å². The van der Waals surface area contributed by atoms with E-state index in [1.807, 2.05) is 30.3 Å². The topological polar surface area (TPSA) is 66.8 Å². The molecule has 0 bridgehead atoms. The number of benzene rings is 1. The van der Waals surface area contributed by atoms with Crippen molar-refractivity contribution in [3.8, 4) is 0 Å². The summed E-state index contributed by atoms with van der Waals surface area (Å²) >= 11 is 0. The first kappa shape index (κ1) is 13.1. The Labute approximate surface area is 98.9 Å². The Bertz CT molecular complexity index is 402. The Kier molecular flexibility index (Phi) is 5.06. The lowest BCUT2D eigenvalue weighted by Crippen LogP contribution is -2.39. The van der Waals surface area contributed by atoms with Crippen molar-refractivity contribution >= 4 is 18.3 Å². The van der Waals surface area contributed by atoms with Gasteiger partial charge in [0.05, 0.1) is 7.11 Å². The Morgan fingerprint density at radius 1 is 1.41 bits per heavy atom.